The quantitative estimate of drug-likeness (QED) is 0.845. The second-order valence-corrected chi connectivity index (χ2v) is 7.41. The lowest BCUT2D eigenvalue weighted by Gasteiger charge is -2.35. The molecule has 1 aliphatic rings. The molecule has 25 heavy (non-hydrogen) atoms. The standard InChI is InChI=1S/C19H23N3O2S/c1-14(2)19(24)22-10-8-21(9-11-22)17(23)12-16-13-25-18(20-16)15-6-4-3-5-7-15/h3-7,13-14H,8-12H2,1-2H3. The maximum atomic E-state index is 12.5. The van der Waals surface area contributed by atoms with Crippen molar-refractivity contribution in [3.8, 4) is 10.6 Å². The predicted molar refractivity (Wildman–Crippen MR) is 99.3 cm³/mol. The SMILES string of the molecule is CC(C)C(=O)N1CCN(C(=O)Cc2csc(-c3ccccc3)n2)CC1. The second-order valence-electron chi connectivity index (χ2n) is 6.55. The van der Waals surface area contributed by atoms with Crippen LogP contribution in [0.3, 0.4) is 0 Å². The zero-order valence-corrected chi connectivity index (χ0v) is 15.5. The van der Waals surface area contributed by atoms with Crippen molar-refractivity contribution in [1.82, 2.24) is 14.8 Å². The van der Waals surface area contributed by atoms with E-state index in [1.165, 1.54) is 0 Å². The van der Waals surface area contributed by atoms with E-state index in [1.54, 1.807) is 11.3 Å². The Morgan fingerprint density at radius 1 is 1.08 bits per heavy atom. The molecule has 0 aliphatic carbocycles. The van der Waals surface area contributed by atoms with Gasteiger partial charge in [-0.05, 0) is 0 Å². The molecular formula is C19H23N3O2S. The number of rotatable bonds is 4. The molecule has 1 aromatic carbocycles. The summed E-state index contributed by atoms with van der Waals surface area (Å²) in [6.45, 7) is 6.27. The Morgan fingerprint density at radius 2 is 1.72 bits per heavy atom. The Balaban J connectivity index is 1.55. The van der Waals surface area contributed by atoms with Gasteiger partial charge in [0.25, 0.3) is 0 Å². The molecule has 2 heterocycles. The molecular weight excluding hydrogens is 334 g/mol. The highest BCUT2D eigenvalue weighted by Crippen LogP contribution is 2.23. The van der Waals surface area contributed by atoms with Crippen LogP contribution in [0.2, 0.25) is 0 Å². The zero-order chi connectivity index (χ0) is 17.8. The first kappa shape index (κ1) is 17.6. The van der Waals surface area contributed by atoms with E-state index >= 15 is 0 Å². The van der Waals surface area contributed by atoms with E-state index in [4.69, 9.17) is 0 Å². The molecule has 0 atom stereocenters. The Bertz CT molecular complexity index is 734. The van der Waals surface area contributed by atoms with E-state index in [0.29, 0.717) is 32.6 Å². The fraction of sp³-hybridized carbons (Fsp3) is 0.421. The summed E-state index contributed by atoms with van der Waals surface area (Å²) in [5.41, 5.74) is 1.89. The third-order valence-corrected chi connectivity index (χ3v) is 5.28. The Hall–Kier alpha value is -2.21. The molecule has 2 amide bonds. The van der Waals surface area contributed by atoms with Crippen LogP contribution < -0.4 is 0 Å². The highest BCUT2D eigenvalue weighted by molar-refractivity contribution is 7.13. The molecule has 0 saturated carbocycles. The van der Waals surface area contributed by atoms with Gasteiger partial charge in [-0.1, -0.05) is 44.2 Å². The molecule has 0 spiro atoms. The molecule has 1 fully saturated rings. The van der Waals surface area contributed by atoms with Gasteiger partial charge >= 0.3 is 0 Å². The Kier molecular flexibility index (Phi) is 5.48. The first-order valence-electron chi connectivity index (χ1n) is 8.61. The minimum atomic E-state index is 0.00802. The van der Waals surface area contributed by atoms with Gasteiger partial charge < -0.3 is 9.80 Å². The summed E-state index contributed by atoms with van der Waals surface area (Å²) in [6.07, 6.45) is 0.321. The average Bonchev–Trinajstić information content (AvgIpc) is 3.10. The van der Waals surface area contributed by atoms with Crippen LogP contribution in [0.1, 0.15) is 19.5 Å². The summed E-state index contributed by atoms with van der Waals surface area (Å²) in [7, 11) is 0. The van der Waals surface area contributed by atoms with E-state index in [0.717, 1.165) is 16.3 Å². The Labute approximate surface area is 152 Å². The van der Waals surface area contributed by atoms with Crippen LogP contribution >= 0.6 is 11.3 Å². The molecule has 1 aliphatic heterocycles. The van der Waals surface area contributed by atoms with Gasteiger partial charge in [0.2, 0.25) is 11.8 Å². The minimum Gasteiger partial charge on any atom is -0.339 e. The van der Waals surface area contributed by atoms with E-state index < -0.39 is 0 Å². The predicted octanol–water partition coefficient (Wildman–Crippen LogP) is 2.68. The van der Waals surface area contributed by atoms with Crippen molar-refractivity contribution in [1.29, 1.82) is 0 Å². The van der Waals surface area contributed by atoms with Crippen LogP contribution in [0, 0.1) is 5.92 Å². The normalized spacial score (nSPS) is 14.8. The number of nitrogens with zero attached hydrogens (tertiary/aromatic N) is 3. The molecule has 0 bridgehead atoms. The third-order valence-electron chi connectivity index (χ3n) is 4.34. The van der Waals surface area contributed by atoms with Crippen LogP contribution in [0.25, 0.3) is 10.6 Å². The summed E-state index contributed by atoms with van der Waals surface area (Å²) < 4.78 is 0. The van der Waals surface area contributed by atoms with Gasteiger partial charge in [-0.15, -0.1) is 11.3 Å². The summed E-state index contributed by atoms with van der Waals surface area (Å²) in [5.74, 6) is 0.259. The molecule has 6 heteroatoms. The van der Waals surface area contributed by atoms with Gasteiger partial charge in [-0.25, -0.2) is 4.98 Å². The largest absolute Gasteiger partial charge is 0.339 e. The van der Waals surface area contributed by atoms with Crippen molar-refractivity contribution in [2.75, 3.05) is 26.2 Å². The first-order chi connectivity index (χ1) is 12.0. The third kappa shape index (κ3) is 4.25. The maximum absolute atomic E-state index is 12.5. The van der Waals surface area contributed by atoms with Gasteiger partial charge in [0.1, 0.15) is 5.01 Å². The van der Waals surface area contributed by atoms with Crippen molar-refractivity contribution in [2.45, 2.75) is 20.3 Å². The number of amides is 2. The first-order valence-corrected chi connectivity index (χ1v) is 9.49. The van der Waals surface area contributed by atoms with E-state index in [9.17, 15) is 9.59 Å². The summed E-state index contributed by atoms with van der Waals surface area (Å²) in [6, 6.07) is 10.00. The summed E-state index contributed by atoms with van der Waals surface area (Å²) >= 11 is 1.56. The van der Waals surface area contributed by atoms with E-state index in [2.05, 4.69) is 4.98 Å². The summed E-state index contributed by atoms with van der Waals surface area (Å²) in [4.78, 5) is 32.8. The van der Waals surface area contributed by atoms with Crippen molar-refractivity contribution in [3.05, 3.63) is 41.4 Å². The zero-order valence-electron chi connectivity index (χ0n) is 14.6. The highest BCUT2D eigenvalue weighted by atomic mass is 32.1. The van der Waals surface area contributed by atoms with Gasteiger partial charge in [-0.2, -0.15) is 0 Å². The minimum absolute atomic E-state index is 0.00802. The average molecular weight is 357 g/mol. The number of thiazole rings is 1. The second kappa shape index (κ2) is 7.78. The van der Waals surface area contributed by atoms with Crippen LogP contribution in [0.15, 0.2) is 35.7 Å². The van der Waals surface area contributed by atoms with Gasteiger partial charge in [0.05, 0.1) is 12.1 Å². The van der Waals surface area contributed by atoms with Crippen molar-refractivity contribution >= 4 is 23.2 Å². The number of hydrogen-bond donors (Lipinski definition) is 0. The lowest BCUT2D eigenvalue weighted by Crippen LogP contribution is -2.51. The van der Waals surface area contributed by atoms with Gasteiger partial charge in [0, 0.05) is 43.0 Å². The van der Waals surface area contributed by atoms with Crippen LogP contribution in [-0.4, -0.2) is 52.8 Å². The molecule has 2 aromatic rings. The highest BCUT2D eigenvalue weighted by Gasteiger charge is 2.25. The monoisotopic (exact) mass is 357 g/mol. The fourth-order valence-electron chi connectivity index (χ4n) is 2.91. The molecule has 1 aromatic heterocycles. The molecule has 0 N–H and O–H groups in total. The maximum Gasteiger partial charge on any atom is 0.228 e. The lowest BCUT2D eigenvalue weighted by atomic mass is 10.1. The number of carbonyl (C=O) groups is 2. The van der Waals surface area contributed by atoms with Gasteiger partial charge in [0.15, 0.2) is 0 Å². The fourth-order valence-corrected chi connectivity index (χ4v) is 3.74. The van der Waals surface area contributed by atoms with Crippen LogP contribution in [0.4, 0.5) is 0 Å². The molecule has 1 saturated heterocycles. The van der Waals surface area contributed by atoms with Crippen molar-refractivity contribution in [2.24, 2.45) is 5.92 Å². The molecule has 0 unspecified atom stereocenters. The van der Waals surface area contributed by atoms with Crippen LogP contribution in [-0.2, 0) is 16.0 Å². The smallest absolute Gasteiger partial charge is 0.228 e. The number of aromatic nitrogens is 1. The Morgan fingerprint density at radius 3 is 2.36 bits per heavy atom. The van der Waals surface area contributed by atoms with E-state index in [-0.39, 0.29) is 17.7 Å². The lowest BCUT2D eigenvalue weighted by molar-refractivity contribution is -0.141. The van der Waals surface area contributed by atoms with Gasteiger partial charge in [-0.3, -0.25) is 9.59 Å². The van der Waals surface area contributed by atoms with E-state index in [1.807, 2.05) is 59.4 Å². The number of carbonyl (C=O) groups excluding carboxylic acids is 2. The summed E-state index contributed by atoms with van der Waals surface area (Å²) in [5, 5.41) is 2.90. The molecule has 3 rings (SSSR count). The molecule has 132 valence electrons. The van der Waals surface area contributed by atoms with Crippen molar-refractivity contribution < 1.29 is 9.59 Å². The van der Waals surface area contributed by atoms with Crippen LogP contribution in [0.5, 0.6) is 0 Å². The molecule has 0 radical (unpaired) electrons. The number of piperazine rings is 1. The number of benzene rings is 1. The van der Waals surface area contributed by atoms with Crippen molar-refractivity contribution in [3.63, 3.8) is 0 Å². The topological polar surface area (TPSA) is 53.5 Å². The molecule has 5 nitrogen and oxygen atoms in total. The number of hydrogen-bond acceptors (Lipinski definition) is 4.